The first-order valence-corrected chi connectivity index (χ1v) is 7.41. The van der Waals surface area contributed by atoms with Crippen LogP contribution in [0.2, 0.25) is 0 Å². The van der Waals surface area contributed by atoms with Crippen molar-refractivity contribution in [3.63, 3.8) is 0 Å². The lowest BCUT2D eigenvalue weighted by molar-refractivity contribution is 0.498. The Morgan fingerprint density at radius 3 is 2.65 bits per heavy atom. The van der Waals surface area contributed by atoms with Crippen molar-refractivity contribution in [3.8, 4) is 0 Å². The highest BCUT2D eigenvalue weighted by molar-refractivity contribution is 5.80. The molecule has 0 radical (unpaired) electrons. The van der Waals surface area contributed by atoms with Gasteiger partial charge in [0.05, 0.1) is 0 Å². The molecular weight excluding hydrogens is 250 g/mol. The Morgan fingerprint density at radius 1 is 1.30 bits per heavy atom. The minimum Gasteiger partial charge on any atom is -0.356 e. The summed E-state index contributed by atoms with van der Waals surface area (Å²) in [5.41, 5.74) is 8.06. The minimum atomic E-state index is 0.344. The fourth-order valence-corrected chi connectivity index (χ4v) is 2.71. The molecule has 1 aliphatic heterocycles. The van der Waals surface area contributed by atoms with E-state index in [1.54, 1.807) is 0 Å². The summed E-state index contributed by atoms with van der Waals surface area (Å²) >= 11 is 0. The molecule has 1 aliphatic rings. The van der Waals surface area contributed by atoms with Crippen molar-refractivity contribution in [2.45, 2.75) is 45.7 Å². The smallest absolute Gasteiger partial charge is 0.183 e. The summed E-state index contributed by atoms with van der Waals surface area (Å²) in [6.07, 6.45) is 4.18. The zero-order chi connectivity index (χ0) is 14.3. The molecule has 5 heteroatoms. The molecule has 0 aromatic carbocycles. The second kappa shape index (κ2) is 5.05. The largest absolute Gasteiger partial charge is 0.356 e. The molecule has 3 heterocycles. The van der Waals surface area contributed by atoms with Gasteiger partial charge in [-0.25, -0.2) is 4.98 Å². The van der Waals surface area contributed by atoms with Gasteiger partial charge >= 0.3 is 0 Å². The Kier molecular flexibility index (Phi) is 3.38. The maximum atomic E-state index is 5.97. The van der Waals surface area contributed by atoms with Crippen LogP contribution in [0.15, 0.2) is 12.3 Å². The van der Waals surface area contributed by atoms with E-state index in [1.165, 1.54) is 5.56 Å². The van der Waals surface area contributed by atoms with Gasteiger partial charge in [-0.3, -0.25) is 4.68 Å². The molecule has 5 nitrogen and oxygen atoms in total. The minimum absolute atomic E-state index is 0.344. The van der Waals surface area contributed by atoms with E-state index in [4.69, 9.17) is 10.7 Å². The van der Waals surface area contributed by atoms with Crippen LogP contribution in [0.3, 0.4) is 0 Å². The van der Waals surface area contributed by atoms with E-state index < -0.39 is 0 Å². The molecule has 0 spiro atoms. The lowest BCUT2D eigenvalue weighted by atomic mass is 10.1. The van der Waals surface area contributed by atoms with Gasteiger partial charge in [-0.2, -0.15) is 5.10 Å². The molecule has 1 saturated heterocycles. The highest BCUT2D eigenvalue weighted by Gasteiger charge is 2.19. The monoisotopic (exact) mass is 273 g/mol. The third-order valence-corrected chi connectivity index (χ3v) is 4.10. The summed E-state index contributed by atoms with van der Waals surface area (Å²) in [6.45, 7) is 8.38. The number of hydrogen-bond donors (Lipinski definition) is 1. The van der Waals surface area contributed by atoms with Crippen molar-refractivity contribution >= 4 is 16.9 Å². The van der Waals surface area contributed by atoms with Crippen molar-refractivity contribution in [2.75, 3.05) is 18.0 Å². The summed E-state index contributed by atoms with van der Waals surface area (Å²) in [5.74, 6) is 1.04. The van der Waals surface area contributed by atoms with E-state index >= 15 is 0 Å². The topological polar surface area (TPSA) is 60.0 Å². The molecule has 108 valence electrons. The molecule has 2 N–H and O–H groups in total. The predicted molar refractivity (Wildman–Crippen MR) is 82.1 cm³/mol. The molecule has 20 heavy (non-hydrogen) atoms. The molecule has 1 fully saturated rings. The molecular formula is C15H23N5. The van der Waals surface area contributed by atoms with Gasteiger partial charge in [0.1, 0.15) is 5.82 Å². The van der Waals surface area contributed by atoms with Crippen molar-refractivity contribution in [3.05, 3.63) is 17.8 Å². The zero-order valence-electron chi connectivity index (χ0n) is 12.5. The first-order chi connectivity index (χ1) is 9.54. The first-order valence-electron chi connectivity index (χ1n) is 7.41. The number of rotatable bonds is 2. The SMILES string of the molecule is Cc1cc(N2CCC(N)CC2)nc2nn(C(C)C)cc12. The van der Waals surface area contributed by atoms with E-state index in [9.17, 15) is 0 Å². The lowest BCUT2D eigenvalue weighted by Crippen LogP contribution is -2.40. The average Bonchev–Trinajstić information content (AvgIpc) is 2.84. The van der Waals surface area contributed by atoms with Gasteiger partial charge in [0.15, 0.2) is 5.65 Å². The third-order valence-electron chi connectivity index (χ3n) is 4.10. The second-order valence-electron chi connectivity index (χ2n) is 6.06. The highest BCUT2D eigenvalue weighted by Crippen LogP contribution is 2.24. The van der Waals surface area contributed by atoms with Crippen LogP contribution in [0.25, 0.3) is 11.0 Å². The third kappa shape index (κ3) is 2.38. The molecule has 0 amide bonds. The number of nitrogens with zero attached hydrogens (tertiary/aromatic N) is 4. The highest BCUT2D eigenvalue weighted by atomic mass is 15.3. The van der Waals surface area contributed by atoms with Crippen molar-refractivity contribution in [2.24, 2.45) is 5.73 Å². The summed E-state index contributed by atoms with van der Waals surface area (Å²) < 4.78 is 1.99. The van der Waals surface area contributed by atoms with Crippen molar-refractivity contribution < 1.29 is 0 Å². The summed E-state index contributed by atoms with van der Waals surface area (Å²) in [4.78, 5) is 7.06. The Hall–Kier alpha value is -1.62. The molecule has 0 aliphatic carbocycles. The average molecular weight is 273 g/mol. The van der Waals surface area contributed by atoms with Crippen LogP contribution < -0.4 is 10.6 Å². The van der Waals surface area contributed by atoms with Crippen LogP contribution in [-0.4, -0.2) is 33.9 Å². The van der Waals surface area contributed by atoms with Crippen LogP contribution in [0.1, 0.15) is 38.3 Å². The summed E-state index contributed by atoms with van der Waals surface area (Å²) in [6, 6.07) is 2.88. The van der Waals surface area contributed by atoms with Gasteiger partial charge in [-0.05, 0) is 45.2 Å². The Labute approximate surface area is 119 Å². The quantitative estimate of drug-likeness (QED) is 0.911. The normalized spacial score (nSPS) is 17.4. The lowest BCUT2D eigenvalue weighted by Gasteiger charge is -2.31. The number of aromatic nitrogens is 3. The fourth-order valence-electron chi connectivity index (χ4n) is 2.71. The number of hydrogen-bond acceptors (Lipinski definition) is 4. The van der Waals surface area contributed by atoms with E-state index in [1.807, 2.05) is 4.68 Å². The van der Waals surface area contributed by atoms with Gasteiger partial charge < -0.3 is 10.6 Å². The number of nitrogens with two attached hydrogens (primary N) is 1. The standard InChI is InChI=1S/C15H23N5/c1-10(2)20-9-13-11(3)8-14(17-15(13)18-20)19-6-4-12(16)5-7-19/h8-10,12H,4-7,16H2,1-3H3. The van der Waals surface area contributed by atoms with Gasteiger partial charge in [0, 0.05) is 36.8 Å². The number of piperidine rings is 1. The van der Waals surface area contributed by atoms with E-state index in [2.05, 4.69) is 43.0 Å². The van der Waals surface area contributed by atoms with Crippen LogP contribution in [0, 0.1) is 6.92 Å². The molecule has 0 atom stereocenters. The summed E-state index contributed by atoms with van der Waals surface area (Å²) in [5, 5.41) is 5.75. The van der Waals surface area contributed by atoms with Crippen LogP contribution in [-0.2, 0) is 0 Å². The molecule has 2 aromatic rings. The predicted octanol–water partition coefficient (Wildman–Crippen LogP) is 2.25. The Bertz CT molecular complexity index is 608. The number of pyridine rings is 1. The maximum Gasteiger partial charge on any atom is 0.183 e. The molecule has 3 rings (SSSR count). The Morgan fingerprint density at radius 2 is 2.00 bits per heavy atom. The second-order valence-corrected chi connectivity index (χ2v) is 6.06. The van der Waals surface area contributed by atoms with E-state index in [-0.39, 0.29) is 0 Å². The van der Waals surface area contributed by atoms with Gasteiger partial charge in [-0.15, -0.1) is 0 Å². The van der Waals surface area contributed by atoms with Crippen LogP contribution >= 0.6 is 0 Å². The fraction of sp³-hybridized carbons (Fsp3) is 0.600. The summed E-state index contributed by atoms with van der Waals surface area (Å²) in [7, 11) is 0. The number of anilines is 1. The van der Waals surface area contributed by atoms with Crippen molar-refractivity contribution in [1.82, 2.24) is 14.8 Å². The van der Waals surface area contributed by atoms with Gasteiger partial charge in [0.2, 0.25) is 0 Å². The number of aryl methyl sites for hydroxylation is 1. The molecule has 2 aromatic heterocycles. The molecule has 0 unspecified atom stereocenters. The van der Waals surface area contributed by atoms with Gasteiger partial charge in [-0.1, -0.05) is 0 Å². The van der Waals surface area contributed by atoms with Crippen LogP contribution in [0.4, 0.5) is 5.82 Å². The first kappa shape index (κ1) is 13.4. The molecule has 0 saturated carbocycles. The maximum absolute atomic E-state index is 5.97. The van der Waals surface area contributed by atoms with E-state index in [0.717, 1.165) is 42.8 Å². The zero-order valence-corrected chi connectivity index (χ0v) is 12.5. The van der Waals surface area contributed by atoms with Gasteiger partial charge in [0.25, 0.3) is 0 Å². The number of fused-ring (bicyclic) bond motifs is 1. The molecule has 0 bridgehead atoms. The van der Waals surface area contributed by atoms with E-state index in [0.29, 0.717) is 12.1 Å². The van der Waals surface area contributed by atoms with Crippen LogP contribution in [0.5, 0.6) is 0 Å². The van der Waals surface area contributed by atoms with Crippen molar-refractivity contribution in [1.29, 1.82) is 0 Å². The Balaban J connectivity index is 1.96.